The maximum Gasteiger partial charge on any atom is 0.126 e. The first kappa shape index (κ1) is 13.5. The molecule has 0 saturated carbocycles. The minimum absolute atomic E-state index is 0.129. The lowest BCUT2D eigenvalue weighted by Gasteiger charge is -2.37. The molecule has 0 spiro atoms. The molecule has 2 unspecified atom stereocenters. The fourth-order valence-corrected chi connectivity index (χ4v) is 2.82. The van der Waals surface area contributed by atoms with Crippen LogP contribution in [-0.2, 0) is 0 Å². The quantitative estimate of drug-likeness (QED) is 0.893. The number of halogens is 1. The van der Waals surface area contributed by atoms with Crippen LogP contribution in [0.1, 0.15) is 36.9 Å². The zero-order chi connectivity index (χ0) is 13.1. The Morgan fingerprint density at radius 3 is 2.89 bits per heavy atom. The fourth-order valence-electron chi connectivity index (χ4n) is 2.82. The fraction of sp³-hybridized carbons (Fsp3) is 0.600. The third-order valence-electron chi connectivity index (χ3n) is 3.93. The van der Waals surface area contributed by atoms with E-state index in [9.17, 15) is 4.39 Å². The first-order valence-corrected chi connectivity index (χ1v) is 6.82. The van der Waals surface area contributed by atoms with E-state index in [1.165, 1.54) is 12.8 Å². The Morgan fingerprint density at radius 1 is 1.50 bits per heavy atom. The standard InChI is InChI=1S/C15H23FN2/c1-11-4-3-7-18(10-11)15(9-17)13-6-5-12(2)14(16)8-13/h5-6,8,11,15H,3-4,7,9-10,17H2,1-2H3. The van der Waals surface area contributed by atoms with Crippen molar-refractivity contribution in [1.82, 2.24) is 4.90 Å². The van der Waals surface area contributed by atoms with Crippen molar-refractivity contribution in [1.29, 1.82) is 0 Å². The molecule has 1 aliphatic rings. The predicted octanol–water partition coefficient (Wildman–Crippen LogP) is 2.87. The Morgan fingerprint density at radius 2 is 2.28 bits per heavy atom. The van der Waals surface area contributed by atoms with E-state index in [4.69, 9.17) is 5.73 Å². The first-order valence-electron chi connectivity index (χ1n) is 6.82. The Balaban J connectivity index is 2.18. The van der Waals surface area contributed by atoms with Crippen LogP contribution in [0.25, 0.3) is 0 Å². The molecule has 2 nitrogen and oxygen atoms in total. The summed E-state index contributed by atoms with van der Waals surface area (Å²) in [6.07, 6.45) is 2.50. The Hall–Kier alpha value is -0.930. The summed E-state index contributed by atoms with van der Waals surface area (Å²) in [5.74, 6) is 0.583. The number of hydrogen-bond acceptors (Lipinski definition) is 2. The number of aryl methyl sites for hydroxylation is 1. The summed E-state index contributed by atoms with van der Waals surface area (Å²) in [7, 11) is 0. The minimum Gasteiger partial charge on any atom is -0.329 e. The number of hydrogen-bond donors (Lipinski definition) is 1. The van der Waals surface area contributed by atoms with Crippen molar-refractivity contribution >= 4 is 0 Å². The van der Waals surface area contributed by atoms with Gasteiger partial charge in [0.2, 0.25) is 0 Å². The molecule has 2 rings (SSSR count). The number of piperidine rings is 1. The lowest BCUT2D eigenvalue weighted by Crippen LogP contribution is -2.40. The van der Waals surface area contributed by atoms with Gasteiger partial charge >= 0.3 is 0 Å². The summed E-state index contributed by atoms with van der Waals surface area (Å²) in [6, 6.07) is 5.66. The SMILES string of the molecule is Cc1ccc(C(CN)N2CCCC(C)C2)cc1F. The van der Waals surface area contributed by atoms with Gasteiger partial charge in [0, 0.05) is 19.1 Å². The summed E-state index contributed by atoms with van der Waals surface area (Å²) >= 11 is 0. The van der Waals surface area contributed by atoms with Gasteiger partial charge < -0.3 is 5.73 Å². The average Bonchev–Trinajstić information content (AvgIpc) is 2.35. The van der Waals surface area contributed by atoms with E-state index in [0.717, 1.165) is 18.7 Å². The highest BCUT2D eigenvalue weighted by atomic mass is 19.1. The average molecular weight is 250 g/mol. The maximum atomic E-state index is 13.7. The van der Waals surface area contributed by atoms with Gasteiger partial charge in [-0.3, -0.25) is 4.90 Å². The number of nitrogens with two attached hydrogens (primary N) is 1. The van der Waals surface area contributed by atoms with Crippen LogP contribution in [0.2, 0.25) is 0 Å². The van der Waals surface area contributed by atoms with Crippen molar-refractivity contribution in [2.45, 2.75) is 32.7 Å². The van der Waals surface area contributed by atoms with Crippen molar-refractivity contribution in [3.05, 3.63) is 35.1 Å². The lowest BCUT2D eigenvalue weighted by molar-refractivity contribution is 0.133. The highest BCUT2D eigenvalue weighted by Gasteiger charge is 2.24. The molecule has 0 bridgehead atoms. The van der Waals surface area contributed by atoms with E-state index in [1.54, 1.807) is 13.0 Å². The number of likely N-dealkylation sites (tertiary alicyclic amines) is 1. The Bertz CT molecular complexity index is 405. The van der Waals surface area contributed by atoms with Crippen molar-refractivity contribution in [2.75, 3.05) is 19.6 Å². The zero-order valence-corrected chi connectivity index (χ0v) is 11.3. The van der Waals surface area contributed by atoms with E-state index < -0.39 is 0 Å². The largest absolute Gasteiger partial charge is 0.329 e. The molecular weight excluding hydrogens is 227 g/mol. The molecule has 18 heavy (non-hydrogen) atoms. The molecule has 3 heteroatoms. The summed E-state index contributed by atoms with van der Waals surface area (Å²) < 4.78 is 13.7. The molecule has 2 N–H and O–H groups in total. The molecule has 1 saturated heterocycles. The molecule has 0 aliphatic carbocycles. The molecule has 1 aromatic rings. The van der Waals surface area contributed by atoms with Gasteiger partial charge in [0.05, 0.1) is 0 Å². The number of benzene rings is 1. The van der Waals surface area contributed by atoms with Gasteiger partial charge in [-0.2, -0.15) is 0 Å². The summed E-state index contributed by atoms with van der Waals surface area (Å²) in [6.45, 7) is 6.75. The van der Waals surface area contributed by atoms with Crippen LogP contribution >= 0.6 is 0 Å². The van der Waals surface area contributed by atoms with Crippen molar-refractivity contribution in [3.8, 4) is 0 Å². The van der Waals surface area contributed by atoms with Crippen LogP contribution in [-0.4, -0.2) is 24.5 Å². The molecule has 1 aromatic carbocycles. The predicted molar refractivity (Wildman–Crippen MR) is 72.9 cm³/mol. The van der Waals surface area contributed by atoms with Gasteiger partial charge in [0.25, 0.3) is 0 Å². The smallest absolute Gasteiger partial charge is 0.126 e. The third-order valence-corrected chi connectivity index (χ3v) is 3.93. The Kier molecular flexibility index (Phi) is 4.36. The van der Waals surface area contributed by atoms with Gasteiger partial charge in [-0.15, -0.1) is 0 Å². The van der Waals surface area contributed by atoms with E-state index in [2.05, 4.69) is 11.8 Å². The van der Waals surface area contributed by atoms with E-state index in [-0.39, 0.29) is 11.9 Å². The minimum atomic E-state index is -0.129. The van der Waals surface area contributed by atoms with Gasteiger partial charge in [-0.05, 0) is 49.4 Å². The highest BCUT2D eigenvalue weighted by molar-refractivity contribution is 5.26. The molecular formula is C15H23FN2. The van der Waals surface area contributed by atoms with Crippen LogP contribution in [0.5, 0.6) is 0 Å². The Labute approximate surface area is 109 Å². The van der Waals surface area contributed by atoms with E-state index in [0.29, 0.717) is 18.0 Å². The van der Waals surface area contributed by atoms with E-state index in [1.807, 2.05) is 12.1 Å². The molecule has 0 amide bonds. The van der Waals surface area contributed by atoms with Gasteiger partial charge in [-0.1, -0.05) is 19.1 Å². The van der Waals surface area contributed by atoms with Crippen LogP contribution in [0.15, 0.2) is 18.2 Å². The number of nitrogens with zero attached hydrogens (tertiary/aromatic N) is 1. The van der Waals surface area contributed by atoms with Crippen LogP contribution in [0.3, 0.4) is 0 Å². The van der Waals surface area contributed by atoms with Crippen molar-refractivity contribution < 1.29 is 4.39 Å². The molecule has 2 atom stereocenters. The van der Waals surface area contributed by atoms with Crippen LogP contribution in [0, 0.1) is 18.7 Å². The normalized spacial score (nSPS) is 23.0. The monoisotopic (exact) mass is 250 g/mol. The first-order chi connectivity index (χ1) is 8.61. The summed E-state index contributed by atoms with van der Waals surface area (Å²) in [5, 5.41) is 0. The molecule has 1 heterocycles. The third kappa shape index (κ3) is 2.90. The molecule has 1 fully saturated rings. The lowest BCUT2D eigenvalue weighted by atomic mass is 9.96. The van der Waals surface area contributed by atoms with Crippen LogP contribution in [0.4, 0.5) is 4.39 Å². The zero-order valence-electron chi connectivity index (χ0n) is 11.3. The topological polar surface area (TPSA) is 29.3 Å². The molecule has 1 aliphatic heterocycles. The van der Waals surface area contributed by atoms with Gasteiger partial charge in [0.15, 0.2) is 0 Å². The van der Waals surface area contributed by atoms with Crippen LogP contribution < -0.4 is 5.73 Å². The van der Waals surface area contributed by atoms with Crippen molar-refractivity contribution in [2.24, 2.45) is 11.7 Å². The van der Waals surface area contributed by atoms with Crippen molar-refractivity contribution in [3.63, 3.8) is 0 Å². The van der Waals surface area contributed by atoms with Gasteiger partial charge in [0.1, 0.15) is 5.82 Å². The summed E-state index contributed by atoms with van der Waals surface area (Å²) in [5.41, 5.74) is 7.61. The number of rotatable bonds is 3. The molecule has 0 radical (unpaired) electrons. The van der Waals surface area contributed by atoms with E-state index >= 15 is 0 Å². The second-order valence-electron chi connectivity index (χ2n) is 5.50. The molecule has 0 aromatic heterocycles. The second kappa shape index (κ2) is 5.81. The maximum absolute atomic E-state index is 13.7. The summed E-state index contributed by atoms with van der Waals surface area (Å²) in [4.78, 5) is 2.40. The highest BCUT2D eigenvalue weighted by Crippen LogP contribution is 2.27. The molecule has 100 valence electrons. The second-order valence-corrected chi connectivity index (χ2v) is 5.50. The van der Waals surface area contributed by atoms with Gasteiger partial charge in [-0.25, -0.2) is 4.39 Å².